The number of sulfonamides is 1. The first kappa shape index (κ1) is 18.7. The molecule has 0 radical (unpaired) electrons. The Bertz CT molecular complexity index is 1210. The van der Waals surface area contributed by atoms with E-state index in [2.05, 4.69) is 15.4 Å². The zero-order chi connectivity index (χ0) is 20.4. The Hall–Kier alpha value is -3.65. The van der Waals surface area contributed by atoms with E-state index in [1.165, 1.54) is 18.2 Å². The molecule has 3 aromatic carbocycles. The van der Waals surface area contributed by atoms with E-state index in [1.807, 2.05) is 6.07 Å². The molecule has 0 saturated heterocycles. The Kier molecular flexibility index (Phi) is 4.77. The number of nitrogens with one attached hydrogen (secondary N) is 3. The van der Waals surface area contributed by atoms with Gasteiger partial charge in [-0.25, -0.2) is 8.42 Å². The number of anilines is 3. The van der Waals surface area contributed by atoms with Crippen molar-refractivity contribution in [2.45, 2.75) is 11.3 Å². The minimum absolute atomic E-state index is 0.0195. The van der Waals surface area contributed by atoms with Gasteiger partial charge in [0.15, 0.2) is 0 Å². The molecule has 7 nitrogen and oxygen atoms in total. The first-order valence-corrected chi connectivity index (χ1v) is 10.3. The average Bonchev–Trinajstić information content (AvgIpc) is 3.08. The van der Waals surface area contributed by atoms with Crippen molar-refractivity contribution in [3.63, 3.8) is 0 Å². The highest BCUT2D eigenvalue weighted by atomic mass is 32.2. The maximum atomic E-state index is 12.9. The summed E-state index contributed by atoms with van der Waals surface area (Å²) in [5.74, 6) is -0.608. The number of amides is 2. The third kappa shape index (κ3) is 3.97. The number of benzene rings is 3. The fraction of sp³-hybridized carbons (Fsp3) is 0.0476. The molecule has 4 rings (SSSR count). The summed E-state index contributed by atoms with van der Waals surface area (Å²) < 4.78 is 28.2. The Labute approximate surface area is 167 Å². The molecule has 0 atom stereocenters. The van der Waals surface area contributed by atoms with E-state index in [9.17, 15) is 18.0 Å². The summed E-state index contributed by atoms with van der Waals surface area (Å²) in [7, 11) is -3.95. The number of fused-ring (bicyclic) bond motifs is 1. The molecule has 3 aromatic rings. The summed E-state index contributed by atoms with van der Waals surface area (Å²) in [5, 5.41) is 5.41. The lowest BCUT2D eigenvalue weighted by Crippen LogP contribution is -2.18. The van der Waals surface area contributed by atoms with Crippen LogP contribution in [-0.2, 0) is 21.2 Å². The standard InChI is InChI=1S/C21H17N3O4S/c25-20-13-14-12-16(10-11-18(14)23-20)29(27,28)24-19-9-5-4-8-17(19)21(26)22-15-6-2-1-3-7-15/h1-12,24H,13H2,(H,22,26)(H,23,25). The number of para-hydroxylation sites is 2. The fourth-order valence-corrected chi connectivity index (χ4v) is 4.20. The number of rotatable bonds is 5. The molecule has 1 aliphatic rings. The largest absolute Gasteiger partial charge is 0.326 e. The maximum absolute atomic E-state index is 12.9. The van der Waals surface area contributed by atoms with Crippen LogP contribution >= 0.6 is 0 Å². The van der Waals surface area contributed by atoms with Crippen LogP contribution in [0.2, 0.25) is 0 Å². The van der Waals surface area contributed by atoms with Gasteiger partial charge in [-0.05, 0) is 48.0 Å². The first-order valence-electron chi connectivity index (χ1n) is 8.83. The highest BCUT2D eigenvalue weighted by Crippen LogP contribution is 2.27. The molecular weight excluding hydrogens is 390 g/mol. The molecule has 3 N–H and O–H groups in total. The fourth-order valence-electron chi connectivity index (χ4n) is 3.07. The van der Waals surface area contributed by atoms with Crippen molar-refractivity contribution in [1.29, 1.82) is 0 Å². The summed E-state index contributed by atoms with van der Waals surface area (Å²) in [4.78, 5) is 24.2. The summed E-state index contributed by atoms with van der Waals surface area (Å²) in [6.07, 6.45) is 0.134. The maximum Gasteiger partial charge on any atom is 0.261 e. The van der Waals surface area contributed by atoms with Gasteiger partial charge in [-0.15, -0.1) is 0 Å². The van der Waals surface area contributed by atoms with E-state index < -0.39 is 15.9 Å². The van der Waals surface area contributed by atoms with Crippen molar-refractivity contribution in [3.8, 4) is 0 Å². The second-order valence-electron chi connectivity index (χ2n) is 6.52. The SMILES string of the molecule is O=C1Cc2cc(S(=O)(=O)Nc3ccccc3C(=O)Nc3ccccc3)ccc2N1. The van der Waals surface area contributed by atoms with Crippen molar-refractivity contribution in [3.05, 3.63) is 83.9 Å². The van der Waals surface area contributed by atoms with Crippen LogP contribution in [-0.4, -0.2) is 20.2 Å². The van der Waals surface area contributed by atoms with Crippen molar-refractivity contribution < 1.29 is 18.0 Å². The lowest BCUT2D eigenvalue weighted by atomic mass is 10.1. The van der Waals surface area contributed by atoms with Gasteiger partial charge in [-0.3, -0.25) is 14.3 Å². The third-order valence-corrected chi connectivity index (χ3v) is 5.82. The smallest absolute Gasteiger partial charge is 0.261 e. The number of carbonyl (C=O) groups is 2. The molecule has 8 heteroatoms. The lowest BCUT2D eigenvalue weighted by Gasteiger charge is -2.13. The molecule has 0 saturated carbocycles. The predicted molar refractivity (Wildman–Crippen MR) is 110 cm³/mol. The van der Waals surface area contributed by atoms with Gasteiger partial charge in [0, 0.05) is 11.4 Å². The van der Waals surface area contributed by atoms with E-state index in [0.717, 1.165) is 0 Å². The number of carbonyl (C=O) groups excluding carboxylic acids is 2. The van der Waals surface area contributed by atoms with E-state index >= 15 is 0 Å². The van der Waals surface area contributed by atoms with E-state index in [-0.39, 0.29) is 28.5 Å². The highest BCUT2D eigenvalue weighted by molar-refractivity contribution is 7.92. The van der Waals surface area contributed by atoms with Crippen LogP contribution < -0.4 is 15.4 Å². The molecule has 1 aliphatic heterocycles. The second-order valence-corrected chi connectivity index (χ2v) is 8.20. The Morgan fingerprint density at radius 1 is 0.931 bits per heavy atom. The van der Waals surface area contributed by atoms with Crippen LogP contribution in [0.3, 0.4) is 0 Å². The minimum Gasteiger partial charge on any atom is -0.326 e. The zero-order valence-electron chi connectivity index (χ0n) is 15.2. The van der Waals surface area contributed by atoms with Gasteiger partial charge >= 0.3 is 0 Å². The molecule has 146 valence electrons. The molecule has 0 aromatic heterocycles. The molecule has 1 heterocycles. The van der Waals surface area contributed by atoms with Gasteiger partial charge in [0.25, 0.3) is 15.9 Å². The van der Waals surface area contributed by atoms with Crippen LogP contribution in [0.4, 0.5) is 17.1 Å². The number of hydrogen-bond acceptors (Lipinski definition) is 4. The molecule has 0 fully saturated rings. The number of hydrogen-bond donors (Lipinski definition) is 3. The van der Waals surface area contributed by atoms with Crippen LogP contribution in [0.5, 0.6) is 0 Å². The Morgan fingerprint density at radius 2 is 1.66 bits per heavy atom. The van der Waals surface area contributed by atoms with E-state index in [1.54, 1.807) is 48.5 Å². The van der Waals surface area contributed by atoms with Gasteiger partial charge in [0.2, 0.25) is 5.91 Å². The minimum atomic E-state index is -3.95. The molecular formula is C21H17N3O4S. The van der Waals surface area contributed by atoms with Crippen LogP contribution in [0.25, 0.3) is 0 Å². The quantitative estimate of drug-likeness (QED) is 0.604. The van der Waals surface area contributed by atoms with Gasteiger partial charge < -0.3 is 10.6 Å². The second kappa shape index (κ2) is 7.40. The topological polar surface area (TPSA) is 104 Å². The monoisotopic (exact) mass is 407 g/mol. The lowest BCUT2D eigenvalue weighted by molar-refractivity contribution is -0.115. The van der Waals surface area contributed by atoms with Gasteiger partial charge in [0.1, 0.15) is 0 Å². The Morgan fingerprint density at radius 3 is 2.45 bits per heavy atom. The molecule has 0 bridgehead atoms. The molecule has 2 amide bonds. The van der Waals surface area contributed by atoms with Gasteiger partial charge in [-0.1, -0.05) is 30.3 Å². The van der Waals surface area contributed by atoms with Crippen molar-refractivity contribution >= 4 is 38.9 Å². The van der Waals surface area contributed by atoms with Crippen LogP contribution in [0.15, 0.2) is 77.7 Å². The highest BCUT2D eigenvalue weighted by Gasteiger charge is 2.23. The summed E-state index contributed by atoms with van der Waals surface area (Å²) in [6, 6.07) is 19.7. The third-order valence-electron chi connectivity index (χ3n) is 4.46. The normalized spacial score (nSPS) is 12.8. The summed E-state index contributed by atoms with van der Waals surface area (Å²) in [6.45, 7) is 0. The molecule has 0 aliphatic carbocycles. The van der Waals surface area contributed by atoms with Crippen LogP contribution in [0.1, 0.15) is 15.9 Å². The van der Waals surface area contributed by atoms with Gasteiger partial charge in [0.05, 0.1) is 22.6 Å². The van der Waals surface area contributed by atoms with Gasteiger partial charge in [-0.2, -0.15) is 0 Å². The molecule has 0 unspecified atom stereocenters. The first-order chi connectivity index (χ1) is 13.9. The summed E-state index contributed by atoms with van der Waals surface area (Å²) in [5.41, 5.74) is 2.18. The van der Waals surface area contributed by atoms with Crippen molar-refractivity contribution in [1.82, 2.24) is 0 Å². The zero-order valence-corrected chi connectivity index (χ0v) is 16.0. The predicted octanol–water partition coefficient (Wildman–Crippen LogP) is 3.23. The average molecular weight is 407 g/mol. The van der Waals surface area contributed by atoms with Crippen molar-refractivity contribution in [2.24, 2.45) is 0 Å². The molecule has 29 heavy (non-hydrogen) atoms. The van der Waals surface area contributed by atoms with E-state index in [0.29, 0.717) is 16.9 Å². The van der Waals surface area contributed by atoms with Crippen LogP contribution in [0, 0.1) is 0 Å². The van der Waals surface area contributed by atoms with E-state index in [4.69, 9.17) is 0 Å². The van der Waals surface area contributed by atoms with Crippen molar-refractivity contribution in [2.75, 3.05) is 15.4 Å². The summed E-state index contributed by atoms with van der Waals surface area (Å²) >= 11 is 0. The Balaban J connectivity index is 1.60. The molecule has 0 spiro atoms.